The standard InChI is InChI=1S/C10H16N2O4/c1-3-9(15)11(5-7-13)12(6-8-14)10(16)4-2/h7-8H,3-6H2,1-2H3. The Morgan fingerprint density at radius 2 is 1.19 bits per heavy atom. The van der Waals surface area contributed by atoms with Gasteiger partial charge in [-0.15, -0.1) is 0 Å². The van der Waals surface area contributed by atoms with E-state index in [1.54, 1.807) is 13.8 Å². The summed E-state index contributed by atoms with van der Waals surface area (Å²) in [5, 5.41) is 2.01. The van der Waals surface area contributed by atoms with Gasteiger partial charge in [0.2, 0.25) is 11.8 Å². The lowest BCUT2D eigenvalue weighted by molar-refractivity contribution is -0.164. The minimum Gasteiger partial charge on any atom is -0.301 e. The minimum absolute atomic E-state index is 0.167. The monoisotopic (exact) mass is 228 g/mol. The van der Waals surface area contributed by atoms with Gasteiger partial charge < -0.3 is 9.59 Å². The van der Waals surface area contributed by atoms with E-state index in [1.165, 1.54) is 0 Å². The fourth-order valence-electron chi connectivity index (χ4n) is 1.18. The van der Waals surface area contributed by atoms with Gasteiger partial charge in [0, 0.05) is 12.8 Å². The second kappa shape index (κ2) is 7.56. The van der Waals surface area contributed by atoms with E-state index in [1.807, 2.05) is 0 Å². The molecule has 0 aromatic carbocycles. The maximum atomic E-state index is 11.5. The van der Waals surface area contributed by atoms with Crippen molar-refractivity contribution in [3.63, 3.8) is 0 Å². The molecule has 0 spiro atoms. The summed E-state index contributed by atoms with van der Waals surface area (Å²) >= 11 is 0. The van der Waals surface area contributed by atoms with Crippen molar-refractivity contribution in [3.05, 3.63) is 0 Å². The van der Waals surface area contributed by atoms with Crippen LogP contribution in [-0.4, -0.2) is 47.5 Å². The maximum absolute atomic E-state index is 11.5. The van der Waals surface area contributed by atoms with E-state index in [0.29, 0.717) is 12.6 Å². The SMILES string of the molecule is CCC(=O)N(CC=O)N(CC=O)C(=O)CC. The van der Waals surface area contributed by atoms with Crippen molar-refractivity contribution in [2.45, 2.75) is 26.7 Å². The lowest BCUT2D eigenvalue weighted by atomic mass is 10.4. The van der Waals surface area contributed by atoms with Crippen LogP contribution in [0.15, 0.2) is 0 Å². The third kappa shape index (κ3) is 3.80. The fraction of sp³-hybridized carbons (Fsp3) is 0.600. The van der Waals surface area contributed by atoms with Crippen LogP contribution in [0.1, 0.15) is 26.7 Å². The summed E-state index contributed by atoms with van der Waals surface area (Å²) in [5.41, 5.74) is 0. The molecular weight excluding hydrogens is 212 g/mol. The van der Waals surface area contributed by atoms with Crippen LogP contribution in [0, 0.1) is 0 Å². The van der Waals surface area contributed by atoms with E-state index in [-0.39, 0.29) is 37.7 Å². The number of rotatable bonds is 6. The van der Waals surface area contributed by atoms with Crippen LogP contribution in [0.25, 0.3) is 0 Å². The summed E-state index contributed by atoms with van der Waals surface area (Å²) in [6, 6.07) is 0. The largest absolute Gasteiger partial charge is 0.301 e. The summed E-state index contributed by atoms with van der Waals surface area (Å²) in [6.45, 7) is 2.81. The normalized spacial score (nSPS) is 9.38. The van der Waals surface area contributed by atoms with E-state index in [0.717, 1.165) is 10.0 Å². The number of carbonyl (C=O) groups is 4. The predicted octanol–water partition coefficient (Wildman–Crippen LogP) is -0.224. The average molecular weight is 228 g/mol. The van der Waals surface area contributed by atoms with Gasteiger partial charge in [0.1, 0.15) is 12.6 Å². The van der Waals surface area contributed by atoms with Gasteiger partial charge in [-0.05, 0) is 0 Å². The molecule has 0 heterocycles. The van der Waals surface area contributed by atoms with Crippen molar-refractivity contribution in [3.8, 4) is 0 Å². The summed E-state index contributed by atoms with van der Waals surface area (Å²) in [6.07, 6.45) is 1.38. The molecular formula is C10H16N2O4. The first-order chi connectivity index (χ1) is 7.62. The van der Waals surface area contributed by atoms with E-state index in [4.69, 9.17) is 0 Å². The van der Waals surface area contributed by atoms with Gasteiger partial charge >= 0.3 is 0 Å². The summed E-state index contributed by atoms with van der Waals surface area (Å²) < 4.78 is 0. The molecule has 0 fully saturated rings. The molecule has 0 aliphatic rings. The Bertz CT molecular complexity index is 250. The zero-order valence-corrected chi connectivity index (χ0v) is 9.51. The third-order valence-electron chi connectivity index (χ3n) is 1.97. The number of amides is 2. The quantitative estimate of drug-likeness (QED) is 0.465. The van der Waals surface area contributed by atoms with Crippen LogP contribution < -0.4 is 0 Å². The van der Waals surface area contributed by atoms with Crippen molar-refractivity contribution in [2.24, 2.45) is 0 Å². The second-order valence-corrected chi connectivity index (χ2v) is 2.99. The Morgan fingerprint density at radius 3 is 1.38 bits per heavy atom. The smallest absolute Gasteiger partial charge is 0.241 e. The highest BCUT2D eigenvalue weighted by Crippen LogP contribution is 2.03. The Morgan fingerprint density at radius 1 is 0.875 bits per heavy atom. The molecule has 0 atom stereocenters. The lowest BCUT2D eigenvalue weighted by Crippen LogP contribution is -2.51. The number of hydrogen-bond acceptors (Lipinski definition) is 4. The van der Waals surface area contributed by atoms with Crippen LogP contribution >= 0.6 is 0 Å². The number of carbonyl (C=O) groups excluding carboxylic acids is 4. The minimum atomic E-state index is -0.365. The van der Waals surface area contributed by atoms with Gasteiger partial charge in [-0.2, -0.15) is 0 Å². The molecule has 6 heteroatoms. The number of nitrogens with zero attached hydrogens (tertiary/aromatic N) is 2. The Balaban J connectivity index is 4.91. The molecule has 0 bridgehead atoms. The van der Waals surface area contributed by atoms with E-state index in [2.05, 4.69) is 0 Å². The molecule has 0 aromatic heterocycles. The molecule has 0 saturated carbocycles. The summed E-state index contributed by atoms with van der Waals surface area (Å²) in [5.74, 6) is -0.730. The van der Waals surface area contributed by atoms with Crippen molar-refractivity contribution in [2.75, 3.05) is 13.1 Å². The molecule has 16 heavy (non-hydrogen) atoms. The van der Waals surface area contributed by atoms with Crippen LogP contribution in [0.3, 0.4) is 0 Å². The van der Waals surface area contributed by atoms with Gasteiger partial charge in [0.25, 0.3) is 0 Å². The van der Waals surface area contributed by atoms with Crippen molar-refractivity contribution < 1.29 is 19.2 Å². The third-order valence-corrected chi connectivity index (χ3v) is 1.97. The summed E-state index contributed by atoms with van der Waals surface area (Å²) in [4.78, 5) is 43.9. The number of hydrazine groups is 1. The van der Waals surface area contributed by atoms with E-state index in [9.17, 15) is 19.2 Å². The molecule has 0 radical (unpaired) electrons. The first-order valence-electron chi connectivity index (χ1n) is 5.10. The Labute approximate surface area is 94.2 Å². The highest BCUT2D eigenvalue weighted by Gasteiger charge is 2.23. The second-order valence-electron chi connectivity index (χ2n) is 2.99. The lowest BCUT2D eigenvalue weighted by Gasteiger charge is -2.31. The van der Waals surface area contributed by atoms with E-state index >= 15 is 0 Å². The predicted molar refractivity (Wildman–Crippen MR) is 56.1 cm³/mol. The van der Waals surface area contributed by atoms with Gasteiger partial charge in [-0.25, -0.2) is 10.0 Å². The van der Waals surface area contributed by atoms with Crippen LogP contribution in [-0.2, 0) is 19.2 Å². The molecule has 6 nitrogen and oxygen atoms in total. The maximum Gasteiger partial charge on any atom is 0.241 e. The molecule has 0 aromatic rings. The van der Waals surface area contributed by atoms with Crippen LogP contribution in [0.2, 0.25) is 0 Å². The van der Waals surface area contributed by atoms with Gasteiger partial charge in [0.05, 0.1) is 13.1 Å². The van der Waals surface area contributed by atoms with Crippen molar-refractivity contribution in [1.82, 2.24) is 10.0 Å². The van der Waals surface area contributed by atoms with Crippen molar-refractivity contribution >= 4 is 24.4 Å². The Hall–Kier alpha value is -1.72. The molecule has 0 unspecified atom stereocenters. The van der Waals surface area contributed by atoms with Crippen molar-refractivity contribution in [1.29, 1.82) is 0 Å². The average Bonchev–Trinajstić information content (AvgIpc) is 2.31. The van der Waals surface area contributed by atoms with Crippen LogP contribution in [0.4, 0.5) is 0 Å². The molecule has 0 aliphatic heterocycles. The zero-order valence-electron chi connectivity index (χ0n) is 9.51. The van der Waals surface area contributed by atoms with E-state index < -0.39 is 0 Å². The first kappa shape index (κ1) is 14.3. The summed E-state index contributed by atoms with van der Waals surface area (Å²) in [7, 11) is 0. The fourth-order valence-corrected chi connectivity index (χ4v) is 1.18. The highest BCUT2D eigenvalue weighted by atomic mass is 16.2. The highest BCUT2D eigenvalue weighted by molar-refractivity contribution is 5.84. The molecule has 0 aliphatic carbocycles. The molecule has 90 valence electrons. The Kier molecular flexibility index (Phi) is 6.74. The number of aldehydes is 2. The first-order valence-corrected chi connectivity index (χ1v) is 5.10. The molecule has 0 saturated heterocycles. The molecule has 0 rings (SSSR count). The van der Waals surface area contributed by atoms with Gasteiger partial charge in [-0.3, -0.25) is 9.59 Å². The number of hydrogen-bond donors (Lipinski definition) is 0. The van der Waals surface area contributed by atoms with Crippen LogP contribution in [0.5, 0.6) is 0 Å². The zero-order chi connectivity index (χ0) is 12.6. The topological polar surface area (TPSA) is 74.8 Å². The van der Waals surface area contributed by atoms with Gasteiger partial charge in [0.15, 0.2) is 0 Å². The molecule has 0 N–H and O–H groups in total. The van der Waals surface area contributed by atoms with Gasteiger partial charge in [-0.1, -0.05) is 13.8 Å². The molecule has 2 amide bonds.